The van der Waals surface area contributed by atoms with Crippen LogP contribution in [0.3, 0.4) is 0 Å². The number of carbonyl (C=O) groups is 2. The molecule has 0 aliphatic heterocycles. The van der Waals surface area contributed by atoms with Gasteiger partial charge in [-0.2, -0.15) is 0 Å². The van der Waals surface area contributed by atoms with E-state index in [1.54, 1.807) is 42.5 Å². The quantitative estimate of drug-likeness (QED) is 0.177. The summed E-state index contributed by atoms with van der Waals surface area (Å²) in [4.78, 5) is 38.2. The molecule has 1 aromatic heterocycles. The Bertz CT molecular complexity index is 1500. The summed E-state index contributed by atoms with van der Waals surface area (Å²) >= 11 is 5.98. The first-order valence-corrected chi connectivity index (χ1v) is 12.1. The number of pyridine rings is 1. The fraction of sp³-hybridized carbons (Fsp3) is 0.0667. The van der Waals surface area contributed by atoms with Crippen LogP contribution in [0.4, 0.5) is 17.1 Å². The van der Waals surface area contributed by atoms with Gasteiger partial charge in [0, 0.05) is 47.8 Å². The van der Waals surface area contributed by atoms with Gasteiger partial charge in [0.25, 0.3) is 0 Å². The van der Waals surface area contributed by atoms with E-state index in [1.807, 2.05) is 72.6 Å². The number of anilines is 3. The normalized spacial score (nSPS) is 11.1. The van der Waals surface area contributed by atoms with E-state index in [9.17, 15) is 9.59 Å². The van der Waals surface area contributed by atoms with Gasteiger partial charge in [-0.1, -0.05) is 42.4 Å². The van der Waals surface area contributed by atoms with Crippen molar-refractivity contribution in [3.8, 4) is 0 Å². The van der Waals surface area contributed by atoms with Gasteiger partial charge in [0.2, 0.25) is 11.7 Å². The minimum atomic E-state index is -0.680. The number of aromatic nitrogens is 1. The molecule has 38 heavy (non-hydrogen) atoms. The van der Waals surface area contributed by atoms with Crippen molar-refractivity contribution in [3.05, 3.63) is 131 Å². The van der Waals surface area contributed by atoms with E-state index in [-0.39, 0.29) is 22.6 Å². The fourth-order valence-corrected chi connectivity index (χ4v) is 4.15. The van der Waals surface area contributed by atoms with Crippen LogP contribution in [0.1, 0.15) is 32.0 Å². The van der Waals surface area contributed by atoms with E-state index in [2.05, 4.69) is 16.6 Å². The van der Waals surface area contributed by atoms with Gasteiger partial charge in [0.05, 0.1) is 17.4 Å². The van der Waals surface area contributed by atoms with Gasteiger partial charge < -0.3 is 15.5 Å². The molecule has 0 aliphatic rings. The summed E-state index contributed by atoms with van der Waals surface area (Å²) in [6.07, 6.45) is 3.23. The average Bonchev–Trinajstić information content (AvgIpc) is 2.95. The molecule has 0 unspecified atom stereocenters. The highest BCUT2D eigenvalue weighted by atomic mass is 35.5. The van der Waals surface area contributed by atoms with Crippen molar-refractivity contribution in [3.63, 3.8) is 0 Å². The molecule has 0 saturated heterocycles. The van der Waals surface area contributed by atoms with Crippen molar-refractivity contribution in [1.82, 2.24) is 4.98 Å². The van der Waals surface area contributed by atoms with Gasteiger partial charge in [-0.15, -0.1) is 0 Å². The van der Waals surface area contributed by atoms with Gasteiger partial charge in [-0.25, -0.2) is 0 Å². The number of nitrogens with two attached hydrogens (primary N) is 1. The van der Waals surface area contributed by atoms with Crippen molar-refractivity contribution in [2.75, 3.05) is 23.9 Å². The first-order chi connectivity index (χ1) is 18.3. The first-order valence-electron chi connectivity index (χ1n) is 11.7. The highest BCUT2D eigenvalue weighted by Crippen LogP contribution is 2.26. The lowest BCUT2D eigenvalue weighted by atomic mass is 9.98. The number of rotatable bonds is 8. The summed E-state index contributed by atoms with van der Waals surface area (Å²) < 4.78 is 0. The lowest BCUT2D eigenvalue weighted by molar-refractivity contribution is 0.1000. The third-order valence-electron chi connectivity index (χ3n) is 6.03. The van der Waals surface area contributed by atoms with Gasteiger partial charge in [-0.3, -0.25) is 19.6 Å². The molecule has 190 valence electrons. The Morgan fingerprint density at radius 3 is 2.18 bits per heavy atom. The molecule has 8 heteroatoms. The third-order valence-corrected chi connectivity index (χ3v) is 6.28. The number of para-hydroxylation sites is 1. The predicted octanol–water partition coefficient (Wildman–Crippen LogP) is 5.86. The summed E-state index contributed by atoms with van der Waals surface area (Å²) in [6.45, 7) is 3.89. The molecule has 4 aromatic rings. The maximum absolute atomic E-state index is 13.3. The molecule has 0 atom stereocenters. The van der Waals surface area contributed by atoms with Crippen LogP contribution in [0.5, 0.6) is 0 Å². The molecule has 1 heterocycles. The number of amides is 1. The molecule has 0 fully saturated rings. The van der Waals surface area contributed by atoms with Crippen molar-refractivity contribution in [2.45, 2.75) is 0 Å². The van der Waals surface area contributed by atoms with Crippen LogP contribution in [0, 0.1) is 0 Å². The summed E-state index contributed by atoms with van der Waals surface area (Å²) in [5.41, 5.74) is 9.44. The highest BCUT2D eigenvalue weighted by molar-refractivity contribution is 6.30. The Kier molecular flexibility index (Phi) is 7.99. The molecule has 0 aliphatic carbocycles. The molecule has 0 radical (unpaired) electrons. The Balaban J connectivity index is 1.63. The van der Waals surface area contributed by atoms with Crippen molar-refractivity contribution >= 4 is 46.2 Å². The summed E-state index contributed by atoms with van der Waals surface area (Å²) in [7, 11) is 3.51. The number of hydrogen-bond donors (Lipinski definition) is 1. The number of carbonyl (C=O) groups excluding carboxylic acids is 2. The molecular formula is C30H26ClN5O2. The molecule has 0 bridgehead atoms. The van der Waals surface area contributed by atoms with Crippen molar-refractivity contribution in [2.24, 2.45) is 10.7 Å². The number of benzene rings is 3. The number of primary amides is 1. The monoisotopic (exact) mass is 523 g/mol. The predicted molar refractivity (Wildman–Crippen MR) is 154 cm³/mol. The van der Waals surface area contributed by atoms with E-state index >= 15 is 0 Å². The van der Waals surface area contributed by atoms with E-state index in [0.29, 0.717) is 16.4 Å². The number of ketones is 1. The zero-order chi connectivity index (χ0) is 27.2. The second-order valence-electron chi connectivity index (χ2n) is 8.33. The van der Waals surface area contributed by atoms with Crippen LogP contribution in [0.15, 0.2) is 109 Å². The largest absolute Gasteiger partial charge is 0.366 e. The van der Waals surface area contributed by atoms with Crippen LogP contribution in [0.25, 0.3) is 0 Å². The van der Waals surface area contributed by atoms with Crippen LogP contribution < -0.4 is 15.5 Å². The fourth-order valence-electron chi connectivity index (χ4n) is 4.03. The molecule has 3 aromatic carbocycles. The topological polar surface area (TPSA) is 91.9 Å². The van der Waals surface area contributed by atoms with Gasteiger partial charge in [-0.05, 0) is 60.7 Å². The van der Waals surface area contributed by atoms with E-state index < -0.39 is 5.91 Å². The van der Waals surface area contributed by atoms with Crippen LogP contribution in [0.2, 0.25) is 5.02 Å². The lowest BCUT2D eigenvalue weighted by Crippen LogP contribution is -2.29. The molecule has 1 amide bonds. The number of hydrogen-bond acceptors (Lipinski definition) is 5. The number of amidine groups is 1. The van der Waals surface area contributed by atoms with Crippen LogP contribution >= 0.6 is 11.6 Å². The van der Waals surface area contributed by atoms with Crippen LogP contribution in [-0.2, 0) is 0 Å². The second kappa shape index (κ2) is 11.5. The smallest absolute Gasteiger partial charge is 0.249 e. The zero-order valence-corrected chi connectivity index (χ0v) is 21.8. The van der Waals surface area contributed by atoms with E-state index in [0.717, 1.165) is 17.1 Å². The van der Waals surface area contributed by atoms with Crippen molar-refractivity contribution < 1.29 is 9.59 Å². The summed E-state index contributed by atoms with van der Waals surface area (Å²) in [5, 5.41) is 0.650. The molecule has 7 nitrogen and oxygen atoms in total. The van der Waals surface area contributed by atoms with Gasteiger partial charge in [0.15, 0.2) is 0 Å². The minimum Gasteiger partial charge on any atom is -0.366 e. The molecule has 0 spiro atoms. The minimum absolute atomic E-state index is 0.165. The maximum atomic E-state index is 13.3. The lowest BCUT2D eigenvalue weighted by Gasteiger charge is -2.23. The molecule has 4 rings (SSSR count). The SMILES string of the molecule is C=CN(C(=NC)c1ccc(C(=O)c2ccc(N(C)c3ccc(Cl)cc3)cn2)cc1C(N)=O)c1ccccc1. The Hall–Kier alpha value is -4.75. The Morgan fingerprint density at radius 2 is 1.61 bits per heavy atom. The number of halogens is 1. The Labute approximate surface area is 226 Å². The number of nitrogens with zero attached hydrogens (tertiary/aromatic N) is 4. The standard InChI is InChI=1S/C30H26ClN5O2/c1-4-36(23-8-6-5-7-9-23)30(33-2)25-16-10-20(18-26(25)29(32)38)28(37)27-17-15-24(19-34-27)35(3)22-13-11-21(31)12-14-22/h4-19H,1H2,2-3H3,(H2,32,38). The zero-order valence-electron chi connectivity index (χ0n) is 21.0. The van der Waals surface area contributed by atoms with Crippen LogP contribution in [-0.4, -0.2) is 36.6 Å². The molecular weight excluding hydrogens is 498 g/mol. The molecule has 2 N–H and O–H groups in total. The Morgan fingerprint density at radius 1 is 0.921 bits per heavy atom. The first kappa shape index (κ1) is 26.3. The average molecular weight is 524 g/mol. The number of aliphatic imine (C=N–C) groups is 1. The second-order valence-corrected chi connectivity index (χ2v) is 8.76. The highest BCUT2D eigenvalue weighted by Gasteiger charge is 2.21. The third kappa shape index (κ3) is 5.48. The van der Waals surface area contributed by atoms with Gasteiger partial charge >= 0.3 is 0 Å². The van der Waals surface area contributed by atoms with Crippen molar-refractivity contribution in [1.29, 1.82) is 0 Å². The maximum Gasteiger partial charge on any atom is 0.249 e. The molecule has 0 saturated carbocycles. The van der Waals surface area contributed by atoms with Gasteiger partial charge in [0.1, 0.15) is 11.5 Å². The summed E-state index contributed by atoms with van der Waals surface area (Å²) in [6, 6.07) is 25.1. The van der Waals surface area contributed by atoms with E-state index in [1.165, 1.54) is 6.07 Å². The van der Waals surface area contributed by atoms with E-state index in [4.69, 9.17) is 17.3 Å². The summed E-state index contributed by atoms with van der Waals surface area (Å²) in [5.74, 6) is -0.550.